The molecular weight excluding hydrogens is 242 g/mol. The lowest BCUT2D eigenvalue weighted by atomic mass is 10.0. The van der Waals surface area contributed by atoms with Gasteiger partial charge in [0.05, 0.1) is 0 Å². The number of unbranched alkanes of at least 4 members (excludes halogenated alkanes) is 4. The van der Waals surface area contributed by atoms with Gasteiger partial charge in [0.1, 0.15) is 0 Å². The van der Waals surface area contributed by atoms with Gasteiger partial charge in [-0.2, -0.15) is 0 Å². The summed E-state index contributed by atoms with van der Waals surface area (Å²) in [6.45, 7) is 18.8. The topological polar surface area (TPSA) is 12.0 Å². The van der Waals surface area contributed by atoms with Crippen molar-refractivity contribution in [3.63, 3.8) is 0 Å². The van der Waals surface area contributed by atoms with E-state index in [0.717, 1.165) is 5.92 Å². The Morgan fingerprint density at radius 3 is 1.95 bits per heavy atom. The van der Waals surface area contributed by atoms with Gasteiger partial charge in [-0.1, -0.05) is 79.7 Å². The van der Waals surface area contributed by atoms with Gasteiger partial charge in [0.2, 0.25) is 0 Å². The Hall–Kier alpha value is -0.300. The molecule has 1 nitrogen and oxygen atoms in total. The van der Waals surface area contributed by atoms with E-state index in [-0.39, 0.29) is 0 Å². The Morgan fingerprint density at radius 1 is 0.900 bits per heavy atom. The first-order chi connectivity index (χ1) is 9.81. The summed E-state index contributed by atoms with van der Waals surface area (Å²) >= 11 is 0. The Morgan fingerprint density at radius 2 is 1.45 bits per heavy atom. The summed E-state index contributed by atoms with van der Waals surface area (Å²) in [5.41, 5.74) is 0. The normalized spacial score (nSPS) is 10.7. The molecule has 124 valence electrons. The molecule has 0 radical (unpaired) electrons. The van der Waals surface area contributed by atoms with Crippen molar-refractivity contribution < 1.29 is 0 Å². The van der Waals surface area contributed by atoms with Crippen LogP contribution in [0.15, 0.2) is 12.7 Å². The van der Waals surface area contributed by atoms with E-state index in [1.54, 1.807) is 0 Å². The largest absolute Gasteiger partial charge is 0.317 e. The SMILES string of the molecule is C=CCC(C)CCCCNCCCCCC.CC.CC. The second-order valence-corrected chi connectivity index (χ2v) is 4.94. The maximum Gasteiger partial charge on any atom is -0.00489 e. The number of hydrogen-bond donors (Lipinski definition) is 1. The zero-order chi connectivity index (χ0) is 16.1. The van der Waals surface area contributed by atoms with Crippen molar-refractivity contribution >= 4 is 0 Å². The highest BCUT2D eigenvalue weighted by Gasteiger charge is 1.98. The lowest BCUT2D eigenvalue weighted by molar-refractivity contribution is 0.489. The predicted octanol–water partition coefficient (Wildman–Crippen LogP) is 6.59. The van der Waals surface area contributed by atoms with Gasteiger partial charge in [0.25, 0.3) is 0 Å². The molecule has 0 bridgehead atoms. The van der Waals surface area contributed by atoms with E-state index in [1.807, 2.05) is 33.8 Å². The van der Waals surface area contributed by atoms with E-state index in [2.05, 4.69) is 25.7 Å². The number of nitrogens with one attached hydrogen (secondary N) is 1. The van der Waals surface area contributed by atoms with Gasteiger partial charge < -0.3 is 5.32 Å². The van der Waals surface area contributed by atoms with E-state index in [0.29, 0.717) is 0 Å². The monoisotopic (exact) mass is 285 g/mol. The summed E-state index contributed by atoms with van der Waals surface area (Å²) in [6, 6.07) is 0. The molecule has 0 amide bonds. The molecule has 1 N–H and O–H groups in total. The van der Waals surface area contributed by atoms with E-state index < -0.39 is 0 Å². The average Bonchev–Trinajstić information content (AvgIpc) is 2.50. The standard InChI is InChI=1S/C15H31N.2C2H6/c1-4-6-7-9-13-16-14-10-8-12-15(3)11-5-2;2*1-2/h5,15-16H,2,4,6-14H2,1,3H3;2*1-2H3. The quantitative estimate of drug-likeness (QED) is 0.315. The third-order valence-electron chi connectivity index (χ3n) is 3.08. The van der Waals surface area contributed by atoms with E-state index in [9.17, 15) is 0 Å². The number of hydrogen-bond acceptors (Lipinski definition) is 1. The Balaban J connectivity index is -0.000000656. The molecule has 0 heterocycles. The van der Waals surface area contributed by atoms with Crippen LogP contribution in [0.3, 0.4) is 0 Å². The molecule has 0 aromatic carbocycles. The van der Waals surface area contributed by atoms with Crippen molar-refractivity contribution in [1.29, 1.82) is 0 Å². The van der Waals surface area contributed by atoms with E-state index in [4.69, 9.17) is 0 Å². The molecule has 0 saturated heterocycles. The first kappa shape index (κ1) is 24.7. The van der Waals surface area contributed by atoms with Crippen LogP contribution in [0.4, 0.5) is 0 Å². The van der Waals surface area contributed by atoms with Gasteiger partial charge in [0.15, 0.2) is 0 Å². The van der Waals surface area contributed by atoms with Crippen molar-refractivity contribution in [2.24, 2.45) is 5.92 Å². The van der Waals surface area contributed by atoms with Gasteiger partial charge in [0, 0.05) is 0 Å². The van der Waals surface area contributed by atoms with E-state index >= 15 is 0 Å². The van der Waals surface area contributed by atoms with Gasteiger partial charge >= 0.3 is 0 Å². The van der Waals surface area contributed by atoms with Crippen LogP contribution >= 0.6 is 0 Å². The number of rotatable bonds is 12. The summed E-state index contributed by atoms with van der Waals surface area (Å²) in [5.74, 6) is 0.821. The van der Waals surface area contributed by atoms with Gasteiger partial charge in [-0.3, -0.25) is 0 Å². The van der Waals surface area contributed by atoms with Gasteiger partial charge in [-0.05, 0) is 38.3 Å². The van der Waals surface area contributed by atoms with Crippen LogP contribution < -0.4 is 5.32 Å². The van der Waals surface area contributed by atoms with Crippen LogP contribution in [0.5, 0.6) is 0 Å². The summed E-state index contributed by atoms with van der Waals surface area (Å²) in [6.07, 6.45) is 12.7. The molecular formula is C19H43N. The van der Waals surface area contributed by atoms with Crippen LogP contribution in [-0.4, -0.2) is 13.1 Å². The fraction of sp³-hybridized carbons (Fsp3) is 0.895. The Kier molecular flexibility index (Phi) is 33.5. The molecule has 0 fully saturated rings. The molecule has 0 aromatic heterocycles. The third kappa shape index (κ3) is 26.3. The minimum absolute atomic E-state index is 0.821. The van der Waals surface area contributed by atoms with E-state index in [1.165, 1.54) is 64.5 Å². The Labute approximate surface area is 130 Å². The van der Waals surface area contributed by atoms with Crippen LogP contribution in [-0.2, 0) is 0 Å². The molecule has 20 heavy (non-hydrogen) atoms. The van der Waals surface area contributed by atoms with Crippen LogP contribution in [0.1, 0.15) is 92.9 Å². The minimum atomic E-state index is 0.821. The van der Waals surface area contributed by atoms with Gasteiger partial charge in [-0.15, -0.1) is 6.58 Å². The van der Waals surface area contributed by atoms with Crippen molar-refractivity contribution in [2.75, 3.05) is 13.1 Å². The lowest BCUT2D eigenvalue weighted by Gasteiger charge is -2.08. The molecule has 0 saturated carbocycles. The summed E-state index contributed by atoms with van der Waals surface area (Å²) in [5, 5.41) is 3.53. The molecule has 0 rings (SSSR count). The second kappa shape index (κ2) is 27.1. The highest BCUT2D eigenvalue weighted by atomic mass is 14.8. The van der Waals surface area contributed by atoms with Crippen molar-refractivity contribution in [2.45, 2.75) is 92.9 Å². The number of allylic oxidation sites excluding steroid dienone is 1. The Bertz CT molecular complexity index is 143. The molecule has 0 aliphatic carbocycles. The second-order valence-electron chi connectivity index (χ2n) is 4.94. The van der Waals surface area contributed by atoms with Crippen molar-refractivity contribution in [3.05, 3.63) is 12.7 Å². The third-order valence-corrected chi connectivity index (χ3v) is 3.08. The molecule has 0 aliphatic rings. The first-order valence-corrected chi connectivity index (χ1v) is 9.12. The summed E-state index contributed by atoms with van der Waals surface area (Å²) in [7, 11) is 0. The van der Waals surface area contributed by atoms with Crippen LogP contribution in [0.25, 0.3) is 0 Å². The molecule has 1 atom stereocenters. The molecule has 1 heteroatoms. The fourth-order valence-electron chi connectivity index (χ4n) is 1.95. The maximum atomic E-state index is 3.78. The summed E-state index contributed by atoms with van der Waals surface area (Å²) < 4.78 is 0. The zero-order valence-electron chi connectivity index (χ0n) is 15.4. The fourth-order valence-corrected chi connectivity index (χ4v) is 1.95. The van der Waals surface area contributed by atoms with Crippen molar-refractivity contribution in [1.82, 2.24) is 5.32 Å². The predicted molar refractivity (Wildman–Crippen MR) is 97.5 cm³/mol. The smallest absolute Gasteiger partial charge is 0.00489 e. The van der Waals surface area contributed by atoms with Crippen LogP contribution in [0.2, 0.25) is 0 Å². The molecule has 0 aromatic rings. The van der Waals surface area contributed by atoms with Crippen molar-refractivity contribution in [3.8, 4) is 0 Å². The molecule has 1 unspecified atom stereocenters. The highest BCUT2D eigenvalue weighted by Crippen LogP contribution is 2.11. The zero-order valence-corrected chi connectivity index (χ0v) is 15.4. The minimum Gasteiger partial charge on any atom is -0.317 e. The first-order valence-electron chi connectivity index (χ1n) is 9.12. The average molecular weight is 286 g/mol. The lowest BCUT2D eigenvalue weighted by Crippen LogP contribution is -2.16. The summed E-state index contributed by atoms with van der Waals surface area (Å²) in [4.78, 5) is 0. The van der Waals surface area contributed by atoms with Crippen LogP contribution in [0, 0.1) is 5.92 Å². The highest BCUT2D eigenvalue weighted by molar-refractivity contribution is 4.70. The molecule has 0 spiro atoms. The molecule has 0 aliphatic heterocycles. The van der Waals surface area contributed by atoms with Gasteiger partial charge in [-0.25, -0.2) is 0 Å². The maximum absolute atomic E-state index is 3.78.